The summed E-state index contributed by atoms with van der Waals surface area (Å²) in [4.78, 5) is 0. The lowest BCUT2D eigenvalue weighted by Crippen LogP contribution is -2.19. The van der Waals surface area contributed by atoms with Gasteiger partial charge in [0, 0.05) is 5.41 Å². The summed E-state index contributed by atoms with van der Waals surface area (Å²) in [5.74, 6) is 1.60. The minimum Gasteiger partial charge on any atom is -0.491 e. The highest BCUT2D eigenvalue weighted by Crippen LogP contribution is 2.33. The van der Waals surface area contributed by atoms with Crippen LogP contribution < -0.4 is 9.47 Å². The van der Waals surface area contributed by atoms with Crippen molar-refractivity contribution >= 4 is 0 Å². The van der Waals surface area contributed by atoms with E-state index < -0.39 is 0 Å². The Morgan fingerprint density at radius 3 is 0.725 bits per heavy atom. The molecule has 14 heteroatoms. The fraction of sp³-hybridized carbons (Fsp3) is 0.564. The number of rotatable bonds is 44. The van der Waals surface area contributed by atoms with Gasteiger partial charge >= 0.3 is 0 Å². The zero-order valence-electron chi connectivity index (χ0n) is 41.8. The van der Waals surface area contributed by atoms with Crippen LogP contribution in [0.1, 0.15) is 47.2 Å². The van der Waals surface area contributed by atoms with Crippen LogP contribution >= 0.6 is 0 Å². The van der Waals surface area contributed by atoms with E-state index in [1.54, 1.807) is 0 Å². The lowest BCUT2D eigenvalue weighted by Gasteiger charge is -2.26. The molecule has 384 valence electrons. The highest BCUT2D eigenvalue weighted by atomic mass is 16.6. The molecule has 69 heavy (non-hydrogen) atoms. The third-order valence-corrected chi connectivity index (χ3v) is 10.6. The average molecular weight is 965 g/mol. The van der Waals surface area contributed by atoms with E-state index >= 15 is 0 Å². The molecular weight excluding hydrogens is 885 g/mol. The Balaban J connectivity index is 0.866. The van der Waals surface area contributed by atoms with Gasteiger partial charge in [0.1, 0.15) is 24.7 Å². The molecule has 0 amide bonds. The van der Waals surface area contributed by atoms with Gasteiger partial charge in [-0.05, 0) is 60.4 Å². The summed E-state index contributed by atoms with van der Waals surface area (Å²) in [5.41, 5.74) is 6.99. The molecule has 14 nitrogen and oxygen atoms in total. The first-order chi connectivity index (χ1) is 33.9. The number of benzene rings is 4. The van der Waals surface area contributed by atoms with E-state index in [0.29, 0.717) is 172 Å². The predicted octanol–water partition coefficient (Wildman–Crippen LogP) is 7.99. The molecule has 0 N–H and O–H groups in total. The van der Waals surface area contributed by atoms with Gasteiger partial charge in [0.25, 0.3) is 0 Å². The van der Waals surface area contributed by atoms with E-state index in [1.165, 1.54) is 22.3 Å². The van der Waals surface area contributed by atoms with Gasteiger partial charge in [0.15, 0.2) is 0 Å². The van der Waals surface area contributed by atoms with Gasteiger partial charge in [0.2, 0.25) is 0 Å². The van der Waals surface area contributed by atoms with Gasteiger partial charge in [-0.2, -0.15) is 0 Å². The molecule has 0 bridgehead atoms. The van der Waals surface area contributed by atoms with E-state index in [-0.39, 0.29) is 5.41 Å². The Kier molecular flexibility index (Phi) is 31.5. The first-order valence-electron chi connectivity index (χ1n) is 24.4. The van der Waals surface area contributed by atoms with Crippen molar-refractivity contribution in [2.45, 2.75) is 46.3 Å². The normalized spacial score (nSPS) is 11.7. The molecule has 0 radical (unpaired) electrons. The maximum Gasteiger partial charge on any atom is 0.119 e. The summed E-state index contributed by atoms with van der Waals surface area (Å²) < 4.78 is 78.9. The monoisotopic (exact) mass is 965 g/mol. The van der Waals surface area contributed by atoms with Crippen molar-refractivity contribution in [3.63, 3.8) is 0 Å². The molecule has 0 fully saturated rings. The molecule has 0 spiro atoms. The van der Waals surface area contributed by atoms with E-state index in [1.807, 2.05) is 24.3 Å². The minimum atomic E-state index is -0.205. The van der Waals surface area contributed by atoms with Crippen LogP contribution in [-0.2, 0) is 75.5 Å². The summed E-state index contributed by atoms with van der Waals surface area (Å²) in [6.45, 7) is 22.0. The van der Waals surface area contributed by atoms with Crippen molar-refractivity contribution in [3.8, 4) is 11.5 Å². The molecule has 4 rings (SSSR count). The molecule has 0 aliphatic rings. The Labute approximate surface area is 412 Å². The van der Waals surface area contributed by atoms with Gasteiger partial charge in [-0.3, -0.25) is 0 Å². The standard InChI is InChI=1S/C55H80O14/c1-47-5-9-49(10-6-47)45-66-39-37-62-31-29-58-23-21-56-25-27-60-33-35-64-41-43-68-53-17-13-51(14-18-53)55(3,4)52-15-19-54(20-16-52)69-44-42-65-36-34-61-28-26-57-22-24-59-30-32-63-38-40-67-46-50-11-7-48(2)8-12-50/h5-20H,21-46H2,1-4H3. The molecule has 0 atom stereocenters. The molecule has 0 aliphatic heterocycles. The molecular formula is C55H80O14. The van der Waals surface area contributed by atoms with E-state index in [9.17, 15) is 0 Å². The second-order valence-electron chi connectivity index (χ2n) is 16.6. The third kappa shape index (κ3) is 27.8. The molecule has 0 saturated heterocycles. The molecule has 0 unspecified atom stereocenters. The zero-order chi connectivity index (χ0) is 48.7. The fourth-order valence-corrected chi connectivity index (χ4v) is 6.49. The first kappa shape index (κ1) is 57.6. The molecule has 0 aliphatic carbocycles. The van der Waals surface area contributed by atoms with Crippen LogP contribution in [0.15, 0.2) is 97.1 Å². The van der Waals surface area contributed by atoms with Crippen LogP contribution in [0, 0.1) is 13.8 Å². The van der Waals surface area contributed by atoms with Crippen molar-refractivity contribution in [1.82, 2.24) is 0 Å². The summed E-state index contributed by atoms with van der Waals surface area (Å²) in [5, 5.41) is 0. The largest absolute Gasteiger partial charge is 0.491 e. The van der Waals surface area contributed by atoms with Crippen LogP contribution in [0.4, 0.5) is 0 Å². The van der Waals surface area contributed by atoms with Gasteiger partial charge in [-0.15, -0.1) is 0 Å². The van der Waals surface area contributed by atoms with Crippen LogP contribution in [0.3, 0.4) is 0 Å². The lowest BCUT2D eigenvalue weighted by molar-refractivity contribution is -0.0186. The summed E-state index contributed by atoms with van der Waals surface area (Å²) in [6, 6.07) is 33.1. The molecule has 0 aromatic heterocycles. The topological polar surface area (TPSA) is 129 Å². The Morgan fingerprint density at radius 2 is 0.478 bits per heavy atom. The van der Waals surface area contributed by atoms with Crippen molar-refractivity contribution in [2.75, 3.05) is 159 Å². The molecule has 0 saturated carbocycles. The zero-order valence-corrected chi connectivity index (χ0v) is 41.8. The number of hydrogen-bond donors (Lipinski definition) is 0. The van der Waals surface area contributed by atoms with Crippen LogP contribution in [0.5, 0.6) is 11.5 Å². The Bertz CT molecular complexity index is 1660. The highest BCUT2D eigenvalue weighted by Gasteiger charge is 2.23. The summed E-state index contributed by atoms with van der Waals surface area (Å²) in [7, 11) is 0. The fourth-order valence-electron chi connectivity index (χ4n) is 6.49. The summed E-state index contributed by atoms with van der Waals surface area (Å²) in [6.07, 6.45) is 0. The second kappa shape index (κ2) is 37.8. The number of hydrogen-bond acceptors (Lipinski definition) is 14. The quantitative estimate of drug-likeness (QED) is 0.0397. The Hall–Kier alpha value is -4.00. The van der Waals surface area contributed by atoms with Crippen molar-refractivity contribution < 1.29 is 66.3 Å². The van der Waals surface area contributed by atoms with Gasteiger partial charge < -0.3 is 66.3 Å². The SMILES string of the molecule is Cc1ccc(COCCOCCOCCOCCOCCOCCOc2ccc(C(C)(C)c3ccc(OCCOCCOCCOCCOCCOCCOCc4ccc(C)cc4)cc3)cc2)cc1. The second-order valence-corrected chi connectivity index (χ2v) is 16.6. The Morgan fingerprint density at radius 1 is 0.261 bits per heavy atom. The van der Waals surface area contributed by atoms with Crippen molar-refractivity contribution in [3.05, 3.63) is 130 Å². The number of ether oxygens (including phenoxy) is 14. The average Bonchev–Trinajstić information content (AvgIpc) is 3.36. The third-order valence-electron chi connectivity index (χ3n) is 10.6. The van der Waals surface area contributed by atoms with Crippen LogP contribution in [0.2, 0.25) is 0 Å². The van der Waals surface area contributed by atoms with Crippen molar-refractivity contribution in [1.29, 1.82) is 0 Å². The maximum absolute atomic E-state index is 5.91. The highest BCUT2D eigenvalue weighted by molar-refractivity contribution is 5.42. The van der Waals surface area contributed by atoms with Gasteiger partial charge in [0.05, 0.1) is 159 Å². The van der Waals surface area contributed by atoms with Gasteiger partial charge in [-0.1, -0.05) is 97.8 Å². The van der Waals surface area contributed by atoms with E-state index in [0.717, 1.165) is 22.6 Å². The van der Waals surface area contributed by atoms with Crippen LogP contribution in [0.25, 0.3) is 0 Å². The van der Waals surface area contributed by atoms with Crippen LogP contribution in [-0.4, -0.2) is 159 Å². The lowest BCUT2D eigenvalue weighted by atomic mass is 9.78. The predicted molar refractivity (Wildman–Crippen MR) is 266 cm³/mol. The smallest absolute Gasteiger partial charge is 0.119 e. The van der Waals surface area contributed by atoms with Crippen molar-refractivity contribution in [2.24, 2.45) is 0 Å². The summed E-state index contributed by atoms with van der Waals surface area (Å²) >= 11 is 0. The molecule has 4 aromatic rings. The molecule has 0 heterocycles. The van der Waals surface area contributed by atoms with Gasteiger partial charge in [-0.25, -0.2) is 0 Å². The van der Waals surface area contributed by atoms with E-state index in [4.69, 9.17) is 66.3 Å². The van der Waals surface area contributed by atoms with E-state index in [2.05, 4.69) is 100 Å². The minimum absolute atomic E-state index is 0.205. The molecule has 4 aromatic carbocycles. The first-order valence-corrected chi connectivity index (χ1v) is 24.4. The maximum atomic E-state index is 5.91. The number of aryl methyl sites for hydroxylation is 2.